The Morgan fingerprint density at radius 1 is 1.43 bits per heavy atom. The highest BCUT2D eigenvalue weighted by molar-refractivity contribution is 7.15. The third kappa shape index (κ3) is 2.42. The molecule has 0 aliphatic heterocycles. The zero-order valence-corrected chi connectivity index (χ0v) is 9.05. The van der Waals surface area contributed by atoms with E-state index < -0.39 is 0 Å². The SMILES string of the molecule is Cc1nnc(NC2CCCC(O)C2)s1. The van der Waals surface area contributed by atoms with Gasteiger partial charge in [0.1, 0.15) is 5.01 Å². The molecule has 1 aromatic heterocycles. The Labute approximate surface area is 87.4 Å². The highest BCUT2D eigenvalue weighted by Crippen LogP contribution is 2.23. The highest BCUT2D eigenvalue weighted by atomic mass is 32.1. The predicted molar refractivity (Wildman–Crippen MR) is 56.5 cm³/mol. The molecule has 4 nitrogen and oxygen atoms in total. The van der Waals surface area contributed by atoms with Crippen molar-refractivity contribution < 1.29 is 5.11 Å². The second-order valence-electron chi connectivity index (χ2n) is 3.79. The molecule has 5 heteroatoms. The molecule has 1 saturated carbocycles. The van der Waals surface area contributed by atoms with E-state index in [2.05, 4.69) is 15.5 Å². The number of nitrogens with one attached hydrogen (secondary N) is 1. The Bertz CT molecular complexity index is 302. The summed E-state index contributed by atoms with van der Waals surface area (Å²) < 4.78 is 0. The number of anilines is 1. The third-order valence-corrected chi connectivity index (χ3v) is 3.27. The lowest BCUT2D eigenvalue weighted by Crippen LogP contribution is -2.29. The lowest BCUT2D eigenvalue weighted by Gasteiger charge is -2.26. The summed E-state index contributed by atoms with van der Waals surface area (Å²) >= 11 is 1.57. The molecular formula is C9H15N3OS. The van der Waals surface area contributed by atoms with Crippen LogP contribution < -0.4 is 5.32 Å². The summed E-state index contributed by atoms with van der Waals surface area (Å²) in [5.74, 6) is 0. The second kappa shape index (κ2) is 4.23. The van der Waals surface area contributed by atoms with E-state index in [0.717, 1.165) is 35.8 Å². The monoisotopic (exact) mass is 213 g/mol. The fourth-order valence-electron chi connectivity index (χ4n) is 1.82. The zero-order valence-electron chi connectivity index (χ0n) is 8.23. The Hall–Kier alpha value is -0.680. The van der Waals surface area contributed by atoms with Gasteiger partial charge in [-0.25, -0.2) is 0 Å². The van der Waals surface area contributed by atoms with Gasteiger partial charge in [0, 0.05) is 6.04 Å². The maximum Gasteiger partial charge on any atom is 0.205 e. The number of rotatable bonds is 2. The van der Waals surface area contributed by atoms with Gasteiger partial charge in [-0.15, -0.1) is 10.2 Å². The van der Waals surface area contributed by atoms with Gasteiger partial charge >= 0.3 is 0 Å². The van der Waals surface area contributed by atoms with Gasteiger partial charge in [-0.1, -0.05) is 11.3 Å². The molecule has 1 fully saturated rings. The van der Waals surface area contributed by atoms with Crippen LogP contribution in [0.25, 0.3) is 0 Å². The summed E-state index contributed by atoms with van der Waals surface area (Å²) in [5.41, 5.74) is 0. The van der Waals surface area contributed by atoms with E-state index in [-0.39, 0.29) is 6.10 Å². The van der Waals surface area contributed by atoms with Crippen LogP contribution in [0.4, 0.5) is 5.13 Å². The maximum atomic E-state index is 9.49. The molecule has 0 saturated heterocycles. The van der Waals surface area contributed by atoms with Crippen LogP contribution in [-0.4, -0.2) is 27.4 Å². The zero-order chi connectivity index (χ0) is 9.97. The van der Waals surface area contributed by atoms with Crippen LogP contribution in [0.2, 0.25) is 0 Å². The number of aliphatic hydroxyl groups is 1. The van der Waals surface area contributed by atoms with E-state index in [4.69, 9.17) is 0 Å². The van der Waals surface area contributed by atoms with Crippen LogP contribution in [0.3, 0.4) is 0 Å². The fourth-order valence-corrected chi connectivity index (χ4v) is 2.49. The average Bonchev–Trinajstić information content (AvgIpc) is 2.51. The molecule has 0 bridgehead atoms. The molecule has 0 amide bonds. The van der Waals surface area contributed by atoms with E-state index in [0.29, 0.717) is 6.04 Å². The number of hydrogen-bond donors (Lipinski definition) is 2. The molecular weight excluding hydrogens is 198 g/mol. The van der Waals surface area contributed by atoms with Gasteiger partial charge in [0.05, 0.1) is 6.10 Å². The van der Waals surface area contributed by atoms with Crippen molar-refractivity contribution in [3.05, 3.63) is 5.01 Å². The minimum atomic E-state index is -0.143. The summed E-state index contributed by atoms with van der Waals surface area (Å²) in [4.78, 5) is 0. The normalized spacial score (nSPS) is 27.6. The fraction of sp³-hybridized carbons (Fsp3) is 0.778. The third-order valence-electron chi connectivity index (χ3n) is 2.50. The molecule has 2 rings (SSSR count). The van der Waals surface area contributed by atoms with Crippen LogP contribution >= 0.6 is 11.3 Å². The second-order valence-corrected chi connectivity index (χ2v) is 4.97. The van der Waals surface area contributed by atoms with Gasteiger partial charge in [0.25, 0.3) is 0 Å². The summed E-state index contributed by atoms with van der Waals surface area (Å²) in [6.07, 6.45) is 3.84. The van der Waals surface area contributed by atoms with Crippen molar-refractivity contribution in [2.75, 3.05) is 5.32 Å². The summed E-state index contributed by atoms with van der Waals surface area (Å²) in [6.45, 7) is 1.94. The number of hydrogen-bond acceptors (Lipinski definition) is 5. The minimum Gasteiger partial charge on any atom is -0.393 e. The van der Waals surface area contributed by atoms with Gasteiger partial charge in [-0.3, -0.25) is 0 Å². The molecule has 1 aliphatic carbocycles. The molecule has 1 aliphatic rings. The van der Waals surface area contributed by atoms with Crippen LogP contribution in [0.1, 0.15) is 30.7 Å². The molecule has 78 valence electrons. The van der Waals surface area contributed by atoms with Crippen molar-refractivity contribution in [3.63, 3.8) is 0 Å². The molecule has 1 heterocycles. The summed E-state index contributed by atoms with van der Waals surface area (Å²) in [7, 11) is 0. The minimum absolute atomic E-state index is 0.143. The number of aliphatic hydroxyl groups excluding tert-OH is 1. The van der Waals surface area contributed by atoms with Gasteiger partial charge in [-0.2, -0.15) is 0 Å². The number of aryl methyl sites for hydroxylation is 1. The predicted octanol–water partition coefficient (Wildman–Crippen LogP) is 1.56. The van der Waals surface area contributed by atoms with Crippen LogP contribution in [-0.2, 0) is 0 Å². The highest BCUT2D eigenvalue weighted by Gasteiger charge is 2.20. The van der Waals surface area contributed by atoms with Gasteiger partial charge in [0.2, 0.25) is 5.13 Å². The first-order valence-electron chi connectivity index (χ1n) is 4.99. The molecule has 14 heavy (non-hydrogen) atoms. The lowest BCUT2D eigenvalue weighted by atomic mass is 9.93. The van der Waals surface area contributed by atoms with Crippen LogP contribution in [0, 0.1) is 6.92 Å². The van der Waals surface area contributed by atoms with E-state index in [1.807, 2.05) is 6.92 Å². The van der Waals surface area contributed by atoms with Gasteiger partial charge < -0.3 is 10.4 Å². The lowest BCUT2D eigenvalue weighted by molar-refractivity contribution is 0.124. The summed E-state index contributed by atoms with van der Waals surface area (Å²) in [6, 6.07) is 0.367. The van der Waals surface area contributed by atoms with Crippen molar-refractivity contribution in [1.82, 2.24) is 10.2 Å². The number of aromatic nitrogens is 2. The molecule has 2 N–H and O–H groups in total. The van der Waals surface area contributed by atoms with Crippen molar-refractivity contribution in [2.45, 2.75) is 44.8 Å². The smallest absolute Gasteiger partial charge is 0.205 e. The molecule has 0 aromatic carbocycles. The largest absolute Gasteiger partial charge is 0.393 e. The Morgan fingerprint density at radius 2 is 2.29 bits per heavy atom. The van der Waals surface area contributed by atoms with E-state index >= 15 is 0 Å². The molecule has 2 unspecified atom stereocenters. The van der Waals surface area contributed by atoms with Crippen LogP contribution in [0.5, 0.6) is 0 Å². The molecule has 0 spiro atoms. The van der Waals surface area contributed by atoms with Gasteiger partial charge in [-0.05, 0) is 32.6 Å². The topological polar surface area (TPSA) is 58.0 Å². The first-order valence-corrected chi connectivity index (χ1v) is 5.80. The standard InChI is InChI=1S/C9H15N3OS/c1-6-11-12-9(14-6)10-7-3-2-4-8(13)5-7/h7-8,13H,2-5H2,1H3,(H,10,12). The Balaban J connectivity index is 1.90. The van der Waals surface area contributed by atoms with Crippen molar-refractivity contribution >= 4 is 16.5 Å². The molecule has 2 atom stereocenters. The molecule has 1 aromatic rings. The van der Waals surface area contributed by atoms with Crippen molar-refractivity contribution in [3.8, 4) is 0 Å². The Morgan fingerprint density at radius 3 is 2.93 bits per heavy atom. The Kier molecular flexibility index (Phi) is 2.98. The first kappa shape index (κ1) is 9.86. The molecule has 0 radical (unpaired) electrons. The first-order chi connectivity index (χ1) is 6.74. The van der Waals surface area contributed by atoms with Gasteiger partial charge in [0.15, 0.2) is 0 Å². The van der Waals surface area contributed by atoms with E-state index in [1.54, 1.807) is 11.3 Å². The van der Waals surface area contributed by atoms with Crippen LogP contribution in [0.15, 0.2) is 0 Å². The maximum absolute atomic E-state index is 9.49. The summed E-state index contributed by atoms with van der Waals surface area (Å²) in [5, 5.41) is 22.6. The quantitative estimate of drug-likeness (QED) is 0.782. The van der Waals surface area contributed by atoms with Crippen molar-refractivity contribution in [1.29, 1.82) is 0 Å². The van der Waals surface area contributed by atoms with E-state index in [1.165, 1.54) is 0 Å². The van der Waals surface area contributed by atoms with Crippen molar-refractivity contribution in [2.24, 2.45) is 0 Å². The van der Waals surface area contributed by atoms with E-state index in [9.17, 15) is 5.11 Å². The number of nitrogens with zero attached hydrogens (tertiary/aromatic N) is 2. The average molecular weight is 213 g/mol.